The highest BCUT2D eigenvalue weighted by molar-refractivity contribution is 6.05. The van der Waals surface area contributed by atoms with Crippen molar-refractivity contribution in [2.75, 3.05) is 5.32 Å². The van der Waals surface area contributed by atoms with Gasteiger partial charge in [-0.2, -0.15) is 0 Å². The maximum Gasteiger partial charge on any atom is 0.259 e. The number of aryl methyl sites for hydroxylation is 1. The van der Waals surface area contributed by atoms with Crippen molar-refractivity contribution < 1.29 is 13.6 Å². The van der Waals surface area contributed by atoms with Gasteiger partial charge in [-0.05, 0) is 31.2 Å². The predicted octanol–water partition coefficient (Wildman–Crippen LogP) is 4.65. The molecule has 0 aliphatic carbocycles. The molecule has 1 N–H and O–H groups in total. The lowest BCUT2D eigenvalue weighted by Gasteiger charge is -2.03. The van der Waals surface area contributed by atoms with E-state index in [0.29, 0.717) is 22.8 Å². The highest BCUT2D eigenvalue weighted by Gasteiger charge is 2.16. The van der Waals surface area contributed by atoms with Gasteiger partial charge in [0, 0.05) is 11.3 Å². The van der Waals surface area contributed by atoms with Crippen LogP contribution in [0.5, 0.6) is 0 Å². The van der Waals surface area contributed by atoms with E-state index in [-0.39, 0.29) is 5.91 Å². The topological polar surface area (TPSA) is 42.2 Å². The molecule has 0 aliphatic heterocycles. The molecule has 0 fully saturated rings. The van der Waals surface area contributed by atoms with Crippen LogP contribution >= 0.6 is 0 Å². The number of nitrogens with one attached hydrogen (secondary N) is 1. The quantitative estimate of drug-likeness (QED) is 0.764. The Labute approximate surface area is 127 Å². The van der Waals surface area contributed by atoms with Crippen LogP contribution in [0.15, 0.2) is 65.1 Å². The predicted molar refractivity (Wildman–Crippen MR) is 83.2 cm³/mol. The molecule has 1 amide bonds. The second-order valence-corrected chi connectivity index (χ2v) is 4.91. The van der Waals surface area contributed by atoms with Crippen molar-refractivity contribution in [1.29, 1.82) is 0 Å². The molecule has 0 spiro atoms. The number of benzene rings is 2. The van der Waals surface area contributed by atoms with E-state index in [1.807, 2.05) is 30.3 Å². The van der Waals surface area contributed by atoms with Crippen LogP contribution in [0.4, 0.5) is 10.1 Å². The number of anilines is 1. The molecule has 22 heavy (non-hydrogen) atoms. The first-order chi connectivity index (χ1) is 10.6. The van der Waals surface area contributed by atoms with Gasteiger partial charge in [-0.15, -0.1) is 0 Å². The van der Waals surface area contributed by atoms with Crippen molar-refractivity contribution in [1.82, 2.24) is 0 Å². The second kappa shape index (κ2) is 5.85. The number of carbonyl (C=O) groups is 1. The molecule has 3 rings (SSSR count). The first-order valence-corrected chi connectivity index (χ1v) is 6.86. The highest BCUT2D eigenvalue weighted by Crippen LogP contribution is 2.25. The molecule has 4 heteroatoms. The molecule has 0 saturated carbocycles. The monoisotopic (exact) mass is 295 g/mol. The number of hydrogen-bond donors (Lipinski definition) is 1. The van der Waals surface area contributed by atoms with E-state index >= 15 is 0 Å². The Hall–Kier alpha value is -2.88. The van der Waals surface area contributed by atoms with Crippen molar-refractivity contribution in [3.63, 3.8) is 0 Å². The molecule has 2 aromatic carbocycles. The average molecular weight is 295 g/mol. The van der Waals surface area contributed by atoms with Crippen LogP contribution in [-0.4, -0.2) is 5.91 Å². The van der Waals surface area contributed by atoms with E-state index in [1.54, 1.807) is 25.1 Å². The molecule has 110 valence electrons. The summed E-state index contributed by atoms with van der Waals surface area (Å²) in [5.74, 6) is 0.427. The minimum absolute atomic E-state index is 0.325. The summed E-state index contributed by atoms with van der Waals surface area (Å²) in [4.78, 5) is 12.3. The fourth-order valence-corrected chi connectivity index (χ4v) is 2.22. The molecular formula is C18H14FNO2. The fraction of sp³-hybridized carbons (Fsp3) is 0.0556. The van der Waals surface area contributed by atoms with Gasteiger partial charge in [0.15, 0.2) is 0 Å². The zero-order chi connectivity index (χ0) is 15.5. The largest absolute Gasteiger partial charge is 0.461 e. The number of furan rings is 1. The van der Waals surface area contributed by atoms with E-state index in [2.05, 4.69) is 5.32 Å². The Kier molecular flexibility index (Phi) is 3.74. The summed E-state index contributed by atoms with van der Waals surface area (Å²) >= 11 is 0. The number of halogens is 1. The smallest absolute Gasteiger partial charge is 0.259 e. The molecule has 3 nitrogen and oxygen atoms in total. The summed E-state index contributed by atoms with van der Waals surface area (Å²) in [6.07, 6.45) is 0. The SMILES string of the molecule is Cc1oc(-c2ccccc2)cc1C(=O)Nc1cccc(F)c1. The summed E-state index contributed by atoms with van der Waals surface area (Å²) in [7, 11) is 0. The fourth-order valence-electron chi connectivity index (χ4n) is 2.22. The number of carbonyl (C=O) groups excluding carboxylic acids is 1. The number of hydrogen-bond acceptors (Lipinski definition) is 2. The van der Waals surface area contributed by atoms with Gasteiger partial charge in [0.25, 0.3) is 5.91 Å². The third-order valence-electron chi connectivity index (χ3n) is 3.30. The summed E-state index contributed by atoms with van der Waals surface area (Å²) in [5, 5.41) is 2.67. The van der Waals surface area contributed by atoms with Crippen molar-refractivity contribution in [3.8, 4) is 11.3 Å². The molecule has 3 aromatic rings. The van der Waals surface area contributed by atoms with E-state index in [1.165, 1.54) is 12.1 Å². The van der Waals surface area contributed by atoms with E-state index < -0.39 is 5.82 Å². The Bertz CT molecular complexity index is 809. The lowest BCUT2D eigenvalue weighted by atomic mass is 10.1. The van der Waals surface area contributed by atoms with Crippen LogP contribution in [-0.2, 0) is 0 Å². The lowest BCUT2D eigenvalue weighted by molar-refractivity contribution is 0.102. The van der Waals surface area contributed by atoms with Gasteiger partial charge in [0.05, 0.1) is 5.56 Å². The maximum absolute atomic E-state index is 13.2. The van der Waals surface area contributed by atoms with E-state index in [4.69, 9.17) is 4.42 Å². The van der Waals surface area contributed by atoms with E-state index in [0.717, 1.165) is 5.56 Å². The van der Waals surface area contributed by atoms with Crippen molar-refractivity contribution in [2.45, 2.75) is 6.92 Å². The Morgan fingerprint density at radius 3 is 2.55 bits per heavy atom. The molecular weight excluding hydrogens is 281 g/mol. The first-order valence-electron chi connectivity index (χ1n) is 6.86. The highest BCUT2D eigenvalue weighted by atomic mass is 19.1. The zero-order valence-electron chi connectivity index (χ0n) is 12.0. The Balaban J connectivity index is 1.86. The Morgan fingerprint density at radius 1 is 1.05 bits per heavy atom. The van der Waals surface area contributed by atoms with Gasteiger partial charge in [0.1, 0.15) is 17.3 Å². The van der Waals surface area contributed by atoms with Crippen molar-refractivity contribution in [2.24, 2.45) is 0 Å². The summed E-state index contributed by atoms with van der Waals surface area (Å²) in [6, 6.07) is 17.0. The second-order valence-electron chi connectivity index (χ2n) is 4.91. The Morgan fingerprint density at radius 2 is 1.82 bits per heavy atom. The summed E-state index contributed by atoms with van der Waals surface area (Å²) < 4.78 is 18.8. The average Bonchev–Trinajstić information content (AvgIpc) is 2.90. The van der Waals surface area contributed by atoms with Crippen LogP contribution in [0.3, 0.4) is 0 Å². The number of amides is 1. The van der Waals surface area contributed by atoms with Gasteiger partial charge >= 0.3 is 0 Å². The van der Waals surface area contributed by atoms with Gasteiger partial charge in [-0.1, -0.05) is 36.4 Å². The number of rotatable bonds is 3. The van der Waals surface area contributed by atoms with E-state index in [9.17, 15) is 9.18 Å². The van der Waals surface area contributed by atoms with Crippen LogP contribution in [0.25, 0.3) is 11.3 Å². The van der Waals surface area contributed by atoms with Crippen LogP contribution in [0, 0.1) is 12.7 Å². The molecule has 0 radical (unpaired) electrons. The normalized spacial score (nSPS) is 10.5. The third-order valence-corrected chi connectivity index (χ3v) is 3.30. The molecule has 0 unspecified atom stereocenters. The third kappa shape index (κ3) is 2.91. The summed E-state index contributed by atoms with van der Waals surface area (Å²) in [5.41, 5.74) is 1.74. The molecule has 0 saturated heterocycles. The molecule has 0 aliphatic rings. The van der Waals surface area contributed by atoms with Gasteiger partial charge in [-0.3, -0.25) is 4.79 Å². The maximum atomic E-state index is 13.2. The van der Waals surface area contributed by atoms with Gasteiger partial charge < -0.3 is 9.73 Å². The zero-order valence-corrected chi connectivity index (χ0v) is 12.0. The molecule has 0 bridgehead atoms. The first kappa shape index (κ1) is 14.1. The molecule has 0 atom stereocenters. The molecule has 1 heterocycles. The minimum atomic E-state index is -0.397. The van der Waals surface area contributed by atoms with Crippen molar-refractivity contribution >= 4 is 11.6 Å². The lowest BCUT2D eigenvalue weighted by Crippen LogP contribution is -2.12. The van der Waals surface area contributed by atoms with Crippen LogP contribution in [0.1, 0.15) is 16.1 Å². The van der Waals surface area contributed by atoms with Gasteiger partial charge in [-0.25, -0.2) is 4.39 Å². The van der Waals surface area contributed by atoms with Crippen LogP contribution < -0.4 is 5.32 Å². The van der Waals surface area contributed by atoms with Crippen molar-refractivity contribution in [3.05, 3.63) is 77.8 Å². The van der Waals surface area contributed by atoms with Crippen LogP contribution in [0.2, 0.25) is 0 Å². The molecule has 1 aromatic heterocycles. The summed E-state index contributed by atoms with van der Waals surface area (Å²) in [6.45, 7) is 1.73. The standard InChI is InChI=1S/C18H14FNO2/c1-12-16(11-17(22-12)13-6-3-2-4-7-13)18(21)20-15-9-5-8-14(19)10-15/h2-11H,1H3,(H,20,21). The van der Waals surface area contributed by atoms with Gasteiger partial charge in [0.2, 0.25) is 0 Å². The minimum Gasteiger partial charge on any atom is -0.461 e.